The Morgan fingerprint density at radius 3 is 2.67 bits per heavy atom. The third-order valence-electron chi connectivity index (χ3n) is 4.71. The first-order valence-electron chi connectivity index (χ1n) is 7.98. The van der Waals surface area contributed by atoms with Crippen LogP contribution in [0.1, 0.15) is 54.9 Å². The van der Waals surface area contributed by atoms with E-state index in [1.807, 2.05) is 19.9 Å². The maximum atomic E-state index is 12.6. The van der Waals surface area contributed by atoms with Gasteiger partial charge in [-0.1, -0.05) is 0 Å². The molecule has 1 N–H and O–H groups in total. The fraction of sp³-hybridized carbons (Fsp3) is 0.706. The quantitative estimate of drug-likeness (QED) is 0.868. The first kappa shape index (κ1) is 16.2. The Hall–Kier alpha value is -1.13. The van der Waals surface area contributed by atoms with Crippen LogP contribution in [0.4, 0.5) is 0 Å². The Balaban J connectivity index is 2.05. The van der Waals surface area contributed by atoms with Gasteiger partial charge >= 0.3 is 0 Å². The van der Waals surface area contributed by atoms with E-state index in [-0.39, 0.29) is 5.78 Å². The highest BCUT2D eigenvalue weighted by Crippen LogP contribution is 2.22. The highest BCUT2D eigenvalue weighted by molar-refractivity contribution is 5.99. The summed E-state index contributed by atoms with van der Waals surface area (Å²) in [6, 6.07) is 2.01. The van der Waals surface area contributed by atoms with E-state index in [1.54, 1.807) is 0 Å². The summed E-state index contributed by atoms with van der Waals surface area (Å²) in [6.45, 7) is 11.1. The van der Waals surface area contributed by atoms with Crippen LogP contribution >= 0.6 is 0 Å². The maximum absolute atomic E-state index is 12.6. The van der Waals surface area contributed by atoms with Crippen molar-refractivity contribution in [3.63, 3.8) is 0 Å². The van der Waals surface area contributed by atoms with E-state index >= 15 is 0 Å². The van der Waals surface area contributed by atoms with E-state index in [2.05, 4.69) is 23.3 Å². The summed E-state index contributed by atoms with van der Waals surface area (Å²) in [6.07, 6.45) is 2.52. The molecule has 1 atom stereocenters. The summed E-state index contributed by atoms with van der Waals surface area (Å²) in [5.74, 6) is 0.198. The third kappa shape index (κ3) is 3.74. The van der Waals surface area contributed by atoms with Crippen molar-refractivity contribution in [3.05, 3.63) is 23.0 Å². The van der Waals surface area contributed by atoms with Crippen molar-refractivity contribution in [2.24, 2.45) is 0 Å². The molecule has 1 aliphatic rings. The highest BCUT2D eigenvalue weighted by atomic mass is 16.3. The van der Waals surface area contributed by atoms with Crippen molar-refractivity contribution in [2.45, 2.75) is 59.1 Å². The van der Waals surface area contributed by atoms with Crippen molar-refractivity contribution < 1.29 is 9.90 Å². The van der Waals surface area contributed by atoms with Gasteiger partial charge in [-0.15, -0.1) is 0 Å². The number of nitrogens with zero attached hydrogens (tertiary/aromatic N) is 2. The lowest BCUT2D eigenvalue weighted by atomic mass is 9.98. The molecule has 0 saturated carbocycles. The standard InChI is InChI=1S/C17H28N2O2/c1-5-19-13(2)11-15(14(19)3)16(20)12-18-9-6-7-17(4,21)8-10-18/h11,21H,5-10,12H2,1-4H3. The molecule has 0 aromatic carbocycles. The third-order valence-corrected chi connectivity index (χ3v) is 4.71. The molecule has 4 nitrogen and oxygen atoms in total. The van der Waals surface area contributed by atoms with E-state index in [4.69, 9.17) is 0 Å². The summed E-state index contributed by atoms with van der Waals surface area (Å²) in [5, 5.41) is 10.1. The first-order valence-corrected chi connectivity index (χ1v) is 7.98. The molecule has 0 amide bonds. The predicted octanol–water partition coefficient (Wildman–Crippen LogP) is 2.54. The largest absolute Gasteiger partial charge is 0.390 e. The average Bonchev–Trinajstić information content (AvgIpc) is 2.58. The number of Topliss-reactive ketones (excluding diaryl/α,β-unsaturated/α-hetero) is 1. The molecule has 2 heterocycles. The molecule has 0 radical (unpaired) electrons. The molecule has 0 bridgehead atoms. The molecular weight excluding hydrogens is 264 g/mol. The minimum absolute atomic E-state index is 0.198. The van der Waals surface area contributed by atoms with Gasteiger partial charge in [0.05, 0.1) is 12.1 Å². The Kier molecular flexibility index (Phi) is 4.89. The lowest BCUT2D eigenvalue weighted by Gasteiger charge is -2.21. The number of hydrogen-bond donors (Lipinski definition) is 1. The number of carbonyl (C=O) groups is 1. The number of rotatable bonds is 4. The first-order chi connectivity index (χ1) is 9.84. The molecule has 1 fully saturated rings. The Bertz CT molecular complexity index is 517. The van der Waals surface area contributed by atoms with Crippen molar-refractivity contribution in [3.8, 4) is 0 Å². The summed E-state index contributed by atoms with van der Waals surface area (Å²) in [5.41, 5.74) is 2.50. The molecule has 1 aromatic heterocycles. The van der Waals surface area contributed by atoms with Crippen LogP contribution in [0.25, 0.3) is 0 Å². The molecule has 4 heteroatoms. The number of aromatic nitrogens is 1. The minimum Gasteiger partial charge on any atom is -0.390 e. The van der Waals surface area contributed by atoms with E-state index in [0.29, 0.717) is 6.54 Å². The molecule has 1 saturated heterocycles. The molecule has 21 heavy (non-hydrogen) atoms. The molecule has 1 aliphatic heterocycles. The monoisotopic (exact) mass is 292 g/mol. The van der Waals surface area contributed by atoms with Gasteiger partial charge in [0.25, 0.3) is 0 Å². The van der Waals surface area contributed by atoms with Crippen LogP contribution in [0.15, 0.2) is 6.07 Å². The molecule has 1 unspecified atom stereocenters. The summed E-state index contributed by atoms with van der Waals surface area (Å²) >= 11 is 0. The number of hydrogen-bond acceptors (Lipinski definition) is 3. The van der Waals surface area contributed by atoms with Crippen LogP contribution in [0.5, 0.6) is 0 Å². The number of aryl methyl sites for hydroxylation is 1. The van der Waals surface area contributed by atoms with Crippen LogP contribution in [0.2, 0.25) is 0 Å². The number of carbonyl (C=O) groups excluding carboxylic acids is 1. The van der Waals surface area contributed by atoms with E-state index < -0.39 is 5.60 Å². The van der Waals surface area contributed by atoms with Crippen molar-refractivity contribution in [1.29, 1.82) is 0 Å². The maximum Gasteiger partial charge on any atom is 0.178 e. The smallest absolute Gasteiger partial charge is 0.178 e. The molecule has 0 aliphatic carbocycles. The van der Waals surface area contributed by atoms with Crippen molar-refractivity contribution in [1.82, 2.24) is 9.47 Å². The molecule has 0 spiro atoms. The Morgan fingerprint density at radius 2 is 2.05 bits per heavy atom. The second-order valence-electron chi connectivity index (χ2n) is 6.58. The second kappa shape index (κ2) is 6.32. The zero-order valence-electron chi connectivity index (χ0n) is 13.8. The van der Waals surface area contributed by atoms with E-state index in [0.717, 1.165) is 55.8 Å². The fourth-order valence-corrected chi connectivity index (χ4v) is 3.34. The number of ketones is 1. The average molecular weight is 292 g/mol. The lowest BCUT2D eigenvalue weighted by Crippen LogP contribution is -2.32. The fourth-order valence-electron chi connectivity index (χ4n) is 3.34. The minimum atomic E-state index is -0.574. The van der Waals surface area contributed by atoms with Gasteiger partial charge in [0.15, 0.2) is 5.78 Å². The van der Waals surface area contributed by atoms with Gasteiger partial charge in [0.2, 0.25) is 0 Å². The van der Waals surface area contributed by atoms with Crippen LogP contribution in [0.3, 0.4) is 0 Å². The van der Waals surface area contributed by atoms with Crippen LogP contribution in [-0.2, 0) is 6.54 Å². The van der Waals surface area contributed by atoms with Crippen LogP contribution in [-0.4, -0.2) is 45.6 Å². The topological polar surface area (TPSA) is 45.5 Å². The van der Waals surface area contributed by atoms with Crippen molar-refractivity contribution >= 4 is 5.78 Å². The molecular formula is C17H28N2O2. The zero-order chi connectivity index (χ0) is 15.6. The normalized spacial score (nSPS) is 24.0. The summed E-state index contributed by atoms with van der Waals surface area (Å²) in [7, 11) is 0. The van der Waals surface area contributed by atoms with Gasteiger partial charge < -0.3 is 9.67 Å². The van der Waals surface area contributed by atoms with Gasteiger partial charge in [-0.25, -0.2) is 0 Å². The van der Waals surface area contributed by atoms with E-state index in [1.165, 1.54) is 0 Å². The molecule has 118 valence electrons. The summed E-state index contributed by atoms with van der Waals surface area (Å²) in [4.78, 5) is 14.8. The lowest BCUT2D eigenvalue weighted by molar-refractivity contribution is 0.0444. The van der Waals surface area contributed by atoms with Gasteiger partial charge in [0.1, 0.15) is 0 Å². The molecule has 2 rings (SSSR count). The van der Waals surface area contributed by atoms with Gasteiger partial charge in [-0.05, 0) is 59.6 Å². The highest BCUT2D eigenvalue weighted by Gasteiger charge is 2.26. The Morgan fingerprint density at radius 1 is 1.33 bits per heavy atom. The number of likely N-dealkylation sites (tertiary alicyclic amines) is 1. The van der Waals surface area contributed by atoms with Crippen LogP contribution < -0.4 is 0 Å². The van der Waals surface area contributed by atoms with Gasteiger partial charge in [-0.2, -0.15) is 0 Å². The van der Waals surface area contributed by atoms with Crippen LogP contribution in [0, 0.1) is 13.8 Å². The second-order valence-corrected chi connectivity index (χ2v) is 6.58. The Labute approximate surface area is 127 Å². The molecule has 1 aromatic rings. The van der Waals surface area contributed by atoms with Gasteiger partial charge in [0, 0.05) is 30.0 Å². The number of aliphatic hydroxyl groups is 1. The van der Waals surface area contributed by atoms with E-state index in [9.17, 15) is 9.90 Å². The predicted molar refractivity (Wildman–Crippen MR) is 84.8 cm³/mol. The van der Waals surface area contributed by atoms with Gasteiger partial charge in [-0.3, -0.25) is 9.69 Å². The summed E-state index contributed by atoms with van der Waals surface area (Å²) < 4.78 is 2.18. The SMILES string of the molecule is CCn1c(C)cc(C(=O)CN2CCCC(C)(O)CC2)c1C. The van der Waals surface area contributed by atoms with Crippen molar-refractivity contribution in [2.75, 3.05) is 19.6 Å². The zero-order valence-corrected chi connectivity index (χ0v) is 13.8.